The smallest absolute Gasteiger partial charge is 0.177 e. The van der Waals surface area contributed by atoms with Gasteiger partial charge in [0.2, 0.25) is 0 Å². The van der Waals surface area contributed by atoms with Gasteiger partial charge in [-0.05, 0) is 53.9 Å². The third-order valence-corrected chi connectivity index (χ3v) is 5.47. The lowest BCUT2D eigenvalue weighted by molar-refractivity contribution is 0.302. The van der Waals surface area contributed by atoms with E-state index in [-0.39, 0.29) is 0 Å². The average Bonchev–Trinajstić information content (AvgIpc) is 3.42. The van der Waals surface area contributed by atoms with Gasteiger partial charge in [-0.15, -0.1) is 10.2 Å². The van der Waals surface area contributed by atoms with Gasteiger partial charge >= 0.3 is 0 Å². The zero-order valence-electron chi connectivity index (χ0n) is 19.2. The van der Waals surface area contributed by atoms with Gasteiger partial charge in [0.25, 0.3) is 0 Å². The van der Waals surface area contributed by atoms with Crippen molar-refractivity contribution in [3.05, 3.63) is 114 Å². The normalized spacial score (nSPS) is 11.2. The van der Waals surface area contributed by atoms with Gasteiger partial charge in [-0.2, -0.15) is 5.21 Å². The number of aromatic nitrogens is 5. The van der Waals surface area contributed by atoms with E-state index in [4.69, 9.17) is 9.47 Å². The molecule has 0 amide bonds. The van der Waals surface area contributed by atoms with E-state index < -0.39 is 0 Å². The largest absolute Gasteiger partial charge is 0.493 e. The van der Waals surface area contributed by atoms with Crippen molar-refractivity contribution in [1.29, 1.82) is 0 Å². The number of rotatable bonds is 10. The first kappa shape index (κ1) is 22.3. The minimum absolute atomic E-state index is 0.438. The number of pyridine rings is 1. The predicted molar refractivity (Wildman–Crippen MR) is 135 cm³/mol. The molecule has 0 spiro atoms. The molecular formula is C28H25N5O2. The van der Waals surface area contributed by atoms with E-state index in [0.29, 0.717) is 25.5 Å². The summed E-state index contributed by atoms with van der Waals surface area (Å²) in [4.78, 5) is 4.66. The van der Waals surface area contributed by atoms with Gasteiger partial charge in [-0.1, -0.05) is 65.9 Å². The molecule has 5 rings (SSSR count). The Morgan fingerprint density at radius 3 is 2.63 bits per heavy atom. The summed E-state index contributed by atoms with van der Waals surface area (Å²) in [6.45, 7) is 0.942. The Morgan fingerprint density at radius 1 is 0.829 bits per heavy atom. The molecule has 0 atom stereocenters. The minimum Gasteiger partial charge on any atom is -0.493 e. The van der Waals surface area contributed by atoms with Gasteiger partial charge in [-0.25, -0.2) is 4.98 Å². The third kappa shape index (κ3) is 6.29. The number of hydrogen-bond acceptors (Lipinski definition) is 6. The summed E-state index contributed by atoms with van der Waals surface area (Å²) < 4.78 is 11.7. The second-order valence-corrected chi connectivity index (χ2v) is 8.03. The summed E-state index contributed by atoms with van der Waals surface area (Å²) in [6.07, 6.45) is 5.68. The maximum absolute atomic E-state index is 5.93. The molecule has 2 heterocycles. The van der Waals surface area contributed by atoms with E-state index in [2.05, 4.69) is 74.2 Å². The van der Waals surface area contributed by atoms with Crippen LogP contribution in [0.3, 0.4) is 0 Å². The molecule has 174 valence electrons. The number of allylic oxidation sites excluding steroid dienone is 1. The highest BCUT2D eigenvalue weighted by atomic mass is 16.5. The first-order valence-corrected chi connectivity index (χ1v) is 11.5. The van der Waals surface area contributed by atoms with Crippen molar-refractivity contribution in [2.45, 2.75) is 19.4 Å². The molecule has 0 aliphatic heterocycles. The molecule has 0 aliphatic carbocycles. The summed E-state index contributed by atoms with van der Waals surface area (Å²) in [5, 5.41) is 15.0. The summed E-state index contributed by atoms with van der Waals surface area (Å²) in [6, 6.07) is 28.4. The number of ether oxygens (including phenoxy) is 2. The van der Waals surface area contributed by atoms with Gasteiger partial charge in [0.15, 0.2) is 5.82 Å². The van der Waals surface area contributed by atoms with Crippen LogP contribution in [0.1, 0.15) is 22.6 Å². The standard InChI is InChI=1S/C28H25N5O2/c1-2-10-27-23(8-1)13-14-24(29-27)20-35-25-15-11-21(12-16-25)5-3-6-22-7-4-9-26(19-22)34-18-17-28-30-32-33-31-28/h1-5,7-16,19H,6,17-18,20H2,(H,30,31,32,33). The lowest BCUT2D eigenvalue weighted by Crippen LogP contribution is -2.03. The fraction of sp³-hybridized carbons (Fsp3) is 0.143. The third-order valence-electron chi connectivity index (χ3n) is 5.47. The number of hydrogen-bond donors (Lipinski definition) is 1. The molecule has 1 N–H and O–H groups in total. The van der Waals surface area contributed by atoms with Crippen molar-refractivity contribution in [3.8, 4) is 11.5 Å². The molecule has 0 bridgehead atoms. The lowest BCUT2D eigenvalue weighted by atomic mass is 10.1. The van der Waals surface area contributed by atoms with Crippen LogP contribution in [0.15, 0.2) is 91.0 Å². The van der Waals surface area contributed by atoms with Gasteiger partial charge in [0.05, 0.1) is 17.8 Å². The Balaban J connectivity index is 1.10. The number of fused-ring (bicyclic) bond motifs is 1. The number of para-hydroxylation sites is 1. The Labute approximate surface area is 203 Å². The van der Waals surface area contributed by atoms with Crippen LogP contribution in [0, 0.1) is 0 Å². The van der Waals surface area contributed by atoms with Crippen LogP contribution in [0.25, 0.3) is 17.0 Å². The van der Waals surface area contributed by atoms with Crippen LogP contribution in [0.5, 0.6) is 11.5 Å². The molecule has 2 aromatic heterocycles. The van der Waals surface area contributed by atoms with Gasteiger partial charge < -0.3 is 9.47 Å². The van der Waals surface area contributed by atoms with Gasteiger partial charge in [-0.3, -0.25) is 0 Å². The number of nitrogens with one attached hydrogen (secondary N) is 1. The molecule has 7 nitrogen and oxygen atoms in total. The average molecular weight is 464 g/mol. The zero-order valence-corrected chi connectivity index (χ0v) is 19.2. The highest BCUT2D eigenvalue weighted by Crippen LogP contribution is 2.18. The van der Waals surface area contributed by atoms with Crippen LogP contribution >= 0.6 is 0 Å². The number of benzene rings is 3. The molecule has 0 saturated heterocycles. The van der Waals surface area contributed by atoms with Crippen LogP contribution in [-0.2, 0) is 19.4 Å². The highest BCUT2D eigenvalue weighted by molar-refractivity contribution is 5.78. The molecule has 0 fully saturated rings. The zero-order chi connectivity index (χ0) is 23.7. The molecule has 0 saturated carbocycles. The summed E-state index contributed by atoms with van der Waals surface area (Å²) in [5.41, 5.74) is 4.19. The van der Waals surface area contributed by atoms with Crippen LogP contribution in [0.4, 0.5) is 0 Å². The van der Waals surface area contributed by atoms with Crippen molar-refractivity contribution in [2.24, 2.45) is 0 Å². The Bertz CT molecular complexity index is 1400. The van der Waals surface area contributed by atoms with Crippen LogP contribution in [-0.4, -0.2) is 32.2 Å². The van der Waals surface area contributed by atoms with Gasteiger partial charge in [0.1, 0.15) is 18.1 Å². The second-order valence-electron chi connectivity index (χ2n) is 8.03. The van der Waals surface area contributed by atoms with E-state index in [1.165, 1.54) is 5.56 Å². The molecule has 7 heteroatoms. The van der Waals surface area contributed by atoms with E-state index >= 15 is 0 Å². The minimum atomic E-state index is 0.438. The summed E-state index contributed by atoms with van der Waals surface area (Å²) >= 11 is 0. The molecule has 0 unspecified atom stereocenters. The number of tetrazole rings is 1. The number of nitrogens with zero attached hydrogens (tertiary/aromatic N) is 4. The molecule has 5 aromatic rings. The molecule has 0 aliphatic rings. The van der Waals surface area contributed by atoms with Crippen molar-refractivity contribution in [1.82, 2.24) is 25.6 Å². The van der Waals surface area contributed by atoms with Crippen LogP contribution < -0.4 is 9.47 Å². The Kier molecular flexibility index (Phi) is 7.05. The predicted octanol–water partition coefficient (Wildman–Crippen LogP) is 5.20. The quantitative estimate of drug-likeness (QED) is 0.306. The second kappa shape index (κ2) is 11.1. The van der Waals surface area contributed by atoms with E-state index in [1.54, 1.807) is 0 Å². The molecular weight excluding hydrogens is 438 g/mol. The number of H-pyrrole nitrogens is 1. The first-order chi connectivity index (χ1) is 17.3. The first-order valence-electron chi connectivity index (χ1n) is 11.5. The van der Waals surface area contributed by atoms with E-state index in [9.17, 15) is 0 Å². The van der Waals surface area contributed by atoms with Crippen LogP contribution in [0.2, 0.25) is 0 Å². The fourth-order valence-corrected chi connectivity index (χ4v) is 3.66. The SMILES string of the molecule is C(=Cc1ccc(OCc2ccc3ccccc3n2)cc1)Cc1cccc(OCCc2nn[nH]n2)c1. The van der Waals surface area contributed by atoms with Crippen molar-refractivity contribution < 1.29 is 9.47 Å². The maximum atomic E-state index is 5.93. The molecule has 3 aromatic carbocycles. The van der Waals surface area contributed by atoms with E-state index in [0.717, 1.165) is 40.1 Å². The topological polar surface area (TPSA) is 85.8 Å². The fourth-order valence-electron chi connectivity index (χ4n) is 3.66. The Morgan fingerprint density at radius 2 is 1.74 bits per heavy atom. The van der Waals surface area contributed by atoms with Crippen molar-refractivity contribution >= 4 is 17.0 Å². The maximum Gasteiger partial charge on any atom is 0.177 e. The lowest BCUT2D eigenvalue weighted by Gasteiger charge is -2.07. The number of aromatic amines is 1. The molecule has 0 radical (unpaired) electrons. The summed E-state index contributed by atoms with van der Waals surface area (Å²) in [5.74, 6) is 2.30. The Hall–Kier alpha value is -4.52. The molecule has 35 heavy (non-hydrogen) atoms. The summed E-state index contributed by atoms with van der Waals surface area (Å²) in [7, 11) is 0. The van der Waals surface area contributed by atoms with Gasteiger partial charge in [0, 0.05) is 11.8 Å². The van der Waals surface area contributed by atoms with E-state index in [1.807, 2.05) is 48.5 Å². The van der Waals surface area contributed by atoms with Crippen molar-refractivity contribution in [2.75, 3.05) is 6.61 Å². The highest BCUT2D eigenvalue weighted by Gasteiger charge is 2.02. The monoisotopic (exact) mass is 463 g/mol. The van der Waals surface area contributed by atoms with Crippen molar-refractivity contribution in [3.63, 3.8) is 0 Å².